The number of halogens is 1. The Morgan fingerprint density at radius 2 is 1.59 bits per heavy atom. The SMILES string of the molecule is CS(=O)(=O)c1ccc(C(Cc2ccc(F)cc2)C(=O)Cc2nc3cc(S(=O)(=O)N4CCCC4)ccc3o2)cc1. The largest absolute Gasteiger partial charge is 0.440 e. The minimum atomic E-state index is -3.63. The molecule has 1 aromatic heterocycles. The van der Waals surface area contributed by atoms with Crippen LogP contribution in [0.4, 0.5) is 4.39 Å². The average molecular weight is 571 g/mol. The molecule has 0 bridgehead atoms. The average Bonchev–Trinajstić information content (AvgIpc) is 3.58. The number of carbonyl (C=O) groups excluding carboxylic acids is 1. The maximum atomic E-state index is 13.5. The zero-order chi connectivity index (χ0) is 27.8. The number of ketones is 1. The van der Waals surface area contributed by atoms with Gasteiger partial charge in [-0.1, -0.05) is 24.3 Å². The van der Waals surface area contributed by atoms with Gasteiger partial charge in [0.2, 0.25) is 15.9 Å². The third-order valence-corrected chi connectivity index (χ3v) is 9.91. The van der Waals surface area contributed by atoms with Crippen molar-refractivity contribution in [2.45, 2.75) is 41.4 Å². The molecule has 204 valence electrons. The zero-order valence-corrected chi connectivity index (χ0v) is 22.8. The molecule has 1 aliphatic rings. The van der Waals surface area contributed by atoms with E-state index in [-0.39, 0.29) is 34.3 Å². The van der Waals surface area contributed by atoms with Gasteiger partial charge in [-0.2, -0.15) is 4.31 Å². The van der Waals surface area contributed by atoms with Crippen molar-refractivity contribution in [2.75, 3.05) is 19.3 Å². The number of hydrogen-bond donors (Lipinski definition) is 0. The Bertz CT molecular complexity index is 1730. The lowest BCUT2D eigenvalue weighted by Gasteiger charge is -2.16. The predicted molar refractivity (Wildman–Crippen MR) is 143 cm³/mol. The summed E-state index contributed by atoms with van der Waals surface area (Å²) >= 11 is 0. The Kier molecular flexibility index (Phi) is 7.41. The standard InChI is InChI=1S/C28H27FN2O6S2/c1-38(33,34)22-10-6-20(7-11-22)24(16-19-4-8-21(29)9-5-19)26(32)18-28-30-25-17-23(12-13-27(25)37-28)39(35,36)31-14-2-3-15-31/h4-13,17,24H,2-3,14-16,18H2,1H3. The Balaban J connectivity index is 1.42. The molecule has 8 nitrogen and oxygen atoms in total. The highest BCUT2D eigenvalue weighted by Crippen LogP contribution is 2.28. The second kappa shape index (κ2) is 10.6. The van der Waals surface area contributed by atoms with Crippen molar-refractivity contribution in [3.05, 3.63) is 89.6 Å². The molecular weight excluding hydrogens is 543 g/mol. The van der Waals surface area contributed by atoms with Crippen molar-refractivity contribution < 1.29 is 30.4 Å². The third-order valence-electron chi connectivity index (χ3n) is 6.88. The molecule has 2 heterocycles. The van der Waals surface area contributed by atoms with Crippen molar-refractivity contribution in [2.24, 2.45) is 0 Å². The summed E-state index contributed by atoms with van der Waals surface area (Å²) in [5.41, 5.74) is 2.04. The first kappa shape index (κ1) is 27.2. The van der Waals surface area contributed by atoms with E-state index < -0.39 is 31.6 Å². The number of sulfone groups is 1. The minimum absolute atomic E-state index is 0.128. The zero-order valence-electron chi connectivity index (χ0n) is 21.2. The summed E-state index contributed by atoms with van der Waals surface area (Å²) in [7, 11) is -7.04. The van der Waals surface area contributed by atoms with Crippen LogP contribution in [-0.4, -0.2) is 51.3 Å². The second-order valence-electron chi connectivity index (χ2n) is 9.72. The van der Waals surface area contributed by atoms with Gasteiger partial charge in [-0.15, -0.1) is 0 Å². The van der Waals surface area contributed by atoms with Crippen LogP contribution in [0.1, 0.15) is 35.8 Å². The summed E-state index contributed by atoms with van der Waals surface area (Å²) in [4.78, 5) is 18.2. The number of benzene rings is 3. The van der Waals surface area contributed by atoms with Crippen LogP contribution in [0.25, 0.3) is 11.1 Å². The topological polar surface area (TPSA) is 115 Å². The number of aromatic nitrogens is 1. The van der Waals surface area contributed by atoms with E-state index in [1.807, 2.05) is 0 Å². The van der Waals surface area contributed by atoms with Gasteiger partial charge in [0.15, 0.2) is 15.4 Å². The smallest absolute Gasteiger partial charge is 0.243 e. The number of nitrogens with zero attached hydrogens (tertiary/aromatic N) is 2. The van der Waals surface area contributed by atoms with Crippen LogP contribution in [-0.2, 0) is 37.5 Å². The number of carbonyl (C=O) groups is 1. The van der Waals surface area contributed by atoms with Crippen LogP contribution >= 0.6 is 0 Å². The van der Waals surface area contributed by atoms with Crippen LogP contribution in [0.3, 0.4) is 0 Å². The first-order valence-electron chi connectivity index (χ1n) is 12.5. The number of fused-ring (bicyclic) bond motifs is 1. The van der Waals surface area contributed by atoms with Gasteiger partial charge in [0.25, 0.3) is 0 Å². The molecule has 1 atom stereocenters. The van der Waals surface area contributed by atoms with Crippen LogP contribution in [0, 0.1) is 5.82 Å². The van der Waals surface area contributed by atoms with Crippen LogP contribution in [0.5, 0.6) is 0 Å². The van der Waals surface area contributed by atoms with E-state index in [1.165, 1.54) is 40.7 Å². The fraction of sp³-hybridized carbons (Fsp3) is 0.286. The molecule has 1 unspecified atom stereocenters. The molecule has 0 saturated carbocycles. The van der Waals surface area contributed by atoms with E-state index in [1.54, 1.807) is 30.3 Å². The highest BCUT2D eigenvalue weighted by Gasteiger charge is 2.28. The quantitative estimate of drug-likeness (QED) is 0.295. The van der Waals surface area contributed by atoms with E-state index >= 15 is 0 Å². The van der Waals surface area contributed by atoms with E-state index in [9.17, 15) is 26.0 Å². The molecule has 4 aromatic rings. The fourth-order valence-corrected chi connectivity index (χ4v) is 6.93. The number of Topliss-reactive ketones (excluding diaryl/α,β-unsaturated/α-hetero) is 1. The number of rotatable bonds is 9. The molecular formula is C28H27FN2O6S2. The van der Waals surface area contributed by atoms with Gasteiger partial charge in [0, 0.05) is 25.3 Å². The monoisotopic (exact) mass is 570 g/mol. The summed E-state index contributed by atoms with van der Waals surface area (Å²) in [5, 5.41) is 0. The maximum absolute atomic E-state index is 13.5. The third kappa shape index (κ3) is 5.95. The van der Waals surface area contributed by atoms with E-state index in [4.69, 9.17) is 4.42 Å². The molecule has 39 heavy (non-hydrogen) atoms. The molecule has 11 heteroatoms. The molecule has 0 amide bonds. The normalized spacial score (nSPS) is 15.5. The molecule has 1 aliphatic heterocycles. The van der Waals surface area contributed by atoms with Gasteiger partial charge in [-0.3, -0.25) is 4.79 Å². The van der Waals surface area contributed by atoms with Crippen molar-refractivity contribution in [1.82, 2.24) is 9.29 Å². The molecule has 0 N–H and O–H groups in total. The van der Waals surface area contributed by atoms with Crippen LogP contribution in [0.15, 0.2) is 80.9 Å². The van der Waals surface area contributed by atoms with Gasteiger partial charge in [-0.05, 0) is 72.9 Å². The van der Waals surface area contributed by atoms with Gasteiger partial charge in [0.05, 0.1) is 16.2 Å². The lowest BCUT2D eigenvalue weighted by atomic mass is 9.87. The van der Waals surface area contributed by atoms with Gasteiger partial charge in [0.1, 0.15) is 17.1 Å². The summed E-state index contributed by atoms with van der Waals surface area (Å²) in [6.07, 6.45) is 2.86. The first-order valence-corrected chi connectivity index (χ1v) is 15.8. The highest BCUT2D eigenvalue weighted by molar-refractivity contribution is 7.90. The molecule has 1 fully saturated rings. The van der Waals surface area contributed by atoms with Crippen molar-refractivity contribution in [1.29, 1.82) is 0 Å². The van der Waals surface area contributed by atoms with Crippen molar-refractivity contribution >= 4 is 36.7 Å². The van der Waals surface area contributed by atoms with Crippen molar-refractivity contribution in [3.63, 3.8) is 0 Å². The Labute approximate surface area is 226 Å². The summed E-state index contributed by atoms with van der Waals surface area (Å²) in [5.74, 6) is -1.16. The van der Waals surface area contributed by atoms with E-state index in [0.29, 0.717) is 29.8 Å². The number of oxazole rings is 1. The van der Waals surface area contributed by atoms with Crippen molar-refractivity contribution in [3.8, 4) is 0 Å². The van der Waals surface area contributed by atoms with E-state index in [0.717, 1.165) is 24.7 Å². The number of hydrogen-bond acceptors (Lipinski definition) is 7. The number of sulfonamides is 1. The molecule has 0 radical (unpaired) electrons. The molecule has 5 rings (SSSR count). The van der Waals surface area contributed by atoms with Crippen LogP contribution < -0.4 is 0 Å². The molecule has 0 spiro atoms. The van der Waals surface area contributed by atoms with E-state index in [2.05, 4.69) is 4.98 Å². The molecule has 3 aromatic carbocycles. The molecule has 0 aliphatic carbocycles. The minimum Gasteiger partial charge on any atom is -0.440 e. The summed E-state index contributed by atoms with van der Waals surface area (Å²) in [6.45, 7) is 0.971. The van der Waals surface area contributed by atoms with Crippen LogP contribution in [0.2, 0.25) is 0 Å². The Morgan fingerprint density at radius 3 is 2.23 bits per heavy atom. The summed E-state index contributed by atoms with van der Waals surface area (Å²) in [6, 6.07) is 16.4. The Hall–Kier alpha value is -3.41. The molecule has 1 saturated heterocycles. The van der Waals surface area contributed by atoms with Gasteiger partial charge in [-0.25, -0.2) is 26.2 Å². The first-order chi connectivity index (χ1) is 18.5. The Morgan fingerprint density at radius 1 is 0.949 bits per heavy atom. The maximum Gasteiger partial charge on any atom is 0.243 e. The van der Waals surface area contributed by atoms with Gasteiger partial charge < -0.3 is 4.42 Å². The fourth-order valence-electron chi connectivity index (χ4n) is 4.76. The predicted octanol–water partition coefficient (Wildman–Crippen LogP) is 4.29. The lowest BCUT2D eigenvalue weighted by Crippen LogP contribution is -2.27. The summed E-state index contributed by atoms with van der Waals surface area (Å²) < 4.78 is 70.4. The highest BCUT2D eigenvalue weighted by atomic mass is 32.2. The van der Waals surface area contributed by atoms with Gasteiger partial charge >= 0.3 is 0 Å². The lowest BCUT2D eigenvalue weighted by molar-refractivity contribution is -0.120. The second-order valence-corrected chi connectivity index (χ2v) is 13.7.